The van der Waals surface area contributed by atoms with E-state index in [0.29, 0.717) is 13.0 Å². The maximum Gasteiger partial charge on any atom is 0.307 e. The first-order valence-electron chi connectivity index (χ1n) is 8.42. The highest BCUT2D eigenvalue weighted by atomic mass is 16.5. The Kier molecular flexibility index (Phi) is 4.88. The van der Waals surface area contributed by atoms with Crippen molar-refractivity contribution >= 4 is 11.9 Å². The van der Waals surface area contributed by atoms with Gasteiger partial charge in [0.1, 0.15) is 5.75 Å². The fourth-order valence-corrected chi connectivity index (χ4v) is 4.04. The summed E-state index contributed by atoms with van der Waals surface area (Å²) in [6.45, 7) is 0.475. The van der Waals surface area contributed by atoms with E-state index in [0.717, 1.165) is 24.2 Å². The third-order valence-electron chi connectivity index (χ3n) is 5.22. The molecule has 4 atom stereocenters. The minimum absolute atomic E-state index is 0.0162. The summed E-state index contributed by atoms with van der Waals surface area (Å²) >= 11 is 0. The predicted molar refractivity (Wildman–Crippen MR) is 89.7 cm³/mol. The van der Waals surface area contributed by atoms with E-state index in [-0.39, 0.29) is 17.7 Å². The lowest BCUT2D eigenvalue weighted by atomic mass is 9.62. The lowest BCUT2D eigenvalue weighted by molar-refractivity contribution is -0.152. The Hall–Kier alpha value is -2.30. The summed E-state index contributed by atoms with van der Waals surface area (Å²) in [5.74, 6) is -1.23. The van der Waals surface area contributed by atoms with E-state index < -0.39 is 17.8 Å². The van der Waals surface area contributed by atoms with Crippen molar-refractivity contribution in [2.45, 2.75) is 19.3 Å². The van der Waals surface area contributed by atoms with E-state index in [9.17, 15) is 14.7 Å². The van der Waals surface area contributed by atoms with Crippen LogP contribution in [0.5, 0.6) is 5.75 Å². The van der Waals surface area contributed by atoms with Crippen molar-refractivity contribution in [3.63, 3.8) is 0 Å². The maximum atomic E-state index is 12.6. The van der Waals surface area contributed by atoms with Crippen LogP contribution in [0.3, 0.4) is 0 Å². The van der Waals surface area contributed by atoms with Crippen molar-refractivity contribution in [3.8, 4) is 5.75 Å². The quantitative estimate of drug-likeness (QED) is 0.785. The molecule has 0 aromatic heterocycles. The zero-order valence-electron chi connectivity index (χ0n) is 13.8. The van der Waals surface area contributed by atoms with E-state index in [1.807, 2.05) is 36.4 Å². The number of aliphatic carboxylic acids is 1. The molecule has 4 rings (SSSR count). The Labute approximate surface area is 141 Å². The van der Waals surface area contributed by atoms with Gasteiger partial charge in [0.15, 0.2) is 0 Å². The molecule has 0 spiro atoms. The van der Waals surface area contributed by atoms with Crippen LogP contribution in [0.15, 0.2) is 36.4 Å². The Balaban J connectivity index is 1.62. The van der Waals surface area contributed by atoms with Gasteiger partial charge in [-0.2, -0.15) is 0 Å². The predicted octanol–water partition coefficient (Wildman–Crippen LogP) is 2.27. The molecule has 5 heteroatoms. The van der Waals surface area contributed by atoms with Gasteiger partial charge in [-0.3, -0.25) is 9.59 Å². The molecule has 0 heterocycles. The fraction of sp³-hybridized carbons (Fsp3) is 0.474. The van der Waals surface area contributed by atoms with Gasteiger partial charge in [-0.25, -0.2) is 0 Å². The van der Waals surface area contributed by atoms with Crippen molar-refractivity contribution in [2.24, 2.45) is 23.7 Å². The Morgan fingerprint density at radius 2 is 1.83 bits per heavy atom. The van der Waals surface area contributed by atoms with Crippen molar-refractivity contribution in [2.75, 3.05) is 13.7 Å². The van der Waals surface area contributed by atoms with Crippen LogP contribution in [0, 0.1) is 23.7 Å². The van der Waals surface area contributed by atoms with Crippen LogP contribution in [0.1, 0.15) is 18.4 Å². The summed E-state index contributed by atoms with van der Waals surface area (Å²) in [6.07, 6.45) is 6.42. The van der Waals surface area contributed by atoms with Gasteiger partial charge in [0.05, 0.1) is 18.9 Å². The fourth-order valence-electron chi connectivity index (χ4n) is 4.04. The number of allylic oxidation sites excluding steroid dienone is 2. The standard InChI is InChI=1S/C19H23NO4/c1-24-15-5-3-2-4-12(15)10-11-20-18(21)16-13-6-8-14(9-7-13)17(16)19(22)23/h2-6,8,13-14,16-17H,7,9-11H2,1H3,(H,20,21)(H,22,23)/t13-,14-,16-,17+/m1/s1. The van der Waals surface area contributed by atoms with Gasteiger partial charge >= 0.3 is 5.97 Å². The lowest BCUT2D eigenvalue weighted by Gasteiger charge is -2.41. The molecule has 1 saturated carbocycles. The van der Waals surface area contributed by atoms with Gasteiger partial charge in [-0.05, 0) is 42.7 Å². The molecule has 1 aromatic rings. The Bertz CT molecular complexity index is 655. The first kappa shape index (κ1) is 16.6. The highest BCUT2D eigenvalue weighted by Gasteiger charge is 2.47. The van der Waals surface area contributed by atoms with E-state index in [1.54, 1.807) is 7.11 Å². The van der Waals surface area contributed by atoms with Gasteiger partial charge < -0.3 is 15.2 Å². The van der Waals surface area contributed by atoms with Crippen molar-refractivity contribution in [1.29, 1.82) is 0 Å². The number of carboxylic acid groups (broad SMARTS) is 1. The molecule has 1 fully saturated rings. The van der Waals surface area contributed by atoms with Crippen LogP contribution < -0.4 is 10.1 Å². The highest BCUT2D eigenvalue weighted by Crippen LogP contribution is 2.45. The van der Waals surface area contributed by atoms with Crippen LogP contribution in [-0.4, -0.2) is 30.6 Å². The molecular weight excluding hydrogens is 306 g/mol. The zero-order chi connectivity index (χ0) is 17.1. The molecule has 2 bridgehead atoms. The number of benzene rings is 1. The smallest absolute Gasteiger partial charge is 0.307 e. The van der Waals surface area contributed by atoms with Gasteiger partial charge in [0, 0.05) is 6.54 Å². The number of carbonyl (C=O) groups is 2. The third kappa shape index (κ3) is 3.16. The topological polar surface area (TPSA) is 75.6 Å². The molecule has 24 heavy (non-hydrogen) atoms. The summed E-state index contributed by atoms with van der Waals surface area (Å²) in [5.41, 5.74) is 1.03. The van der Waals surface area contributed by atoms with Crippen molar-refractivity contribution in [3.05, 3.63) is 42.0 Å². The van der Waals surface area contributed by atoms with Gasteiger partial charge in [0.2, 0.25) is 5.91 Å². The molecule has 1 aromatic carbocycles. The number of carboxylic acids is 1. The summed E-state index contributed by atoms with van der Waals surface area (Å²) in [5, 5.41) is 12.5. The van der Waals surface area contributed by atoms with E-state index in [2.05, 4.69) is 5.32 Å². The first-order chi connectivity index (χ1) is 11.6. The second kappa shape index (κ2) is 7.07. The highest BCUT2D eigenvalue weighted by molar-refractivity contribution is 5.86. The van der Waals surface area contributed by atoms with Crippen LogP contribution in [0.4, 0.5) is 0 Å². The average Bonchev–Trinajstić information content (AvgIpc) is 2.62. The summed E-state index contributed by atoms with van der Waals surface area (Å²) in [4.78, 5) is 24.2. The van der Waals surface area contributed by atoms with Crippen molar-refractivity contribution < 1.29 is 19.4 Å². The van der Waals surface area contributed by atoms with Crippen LogP contribution in [0.2, 0.25) is 0 Å². The molecule has 0 unspecified atom stereocenters. The normalized spacial score (nSPS) is 27.7. The van der Waals surface area contributed by atoms with Crippen molar-refractivity contribution in [1.82, 2.24) is 5.32 Å². The molecule has 1 amide bonds. The monoisotopic (exact) mass is 329 g/mol. The van der Waals surface area contributed by atoms with Crippen LogP contribution in [-0.2, 0) is 16.0 Å². The number of methoxy groups -OCH3 is 1. The molecular formula is C19H23NO4. The van der Waals surface area contributed by atoms with Gasteiger partial charge in [-0.1, -0.05) is 30.4 Å². The third-order valence-corrected chi connectivity index (χ3v) is 5.22. The number of ether oxygens (including phenoxy) is 1. The maximum absolute atomic E-state index is 12.6. The SMILES string of the molecule is COc1ccccc1CCNC(=O)[C@H]1[C@@H](C(=O)O)[C@@H]2C=C[C@@H]1CC2. The second-order valence-electron chi connectivity index (χ2n) is 6.53. The largest absolute Gasteiger partial charge is 0.496 e. The van der Waals surface area contributed by atoms with Crippen LogP contribution >= 0.6 is 0 Å². The number of nitrogens with one attached hydrogen (secondary N) is 1. The number of para-hydroxylation sites is 1. The molecule has 0 radical (unpaired) electrons. The number of hydrogen-bond acceptors (Lipinski definition) is 3. The molecule has 3 aliphatic carbocycles. The number of rotatable bonds is 6. The molecule has 3 aliphatic rings. The number of fused-ring (bicyclic) bond motifs is 2. The minimum Gasteiger partial charge on any atom is -0.496 e. The minimum atomic E-state index is -0.862. The summed E-state index contributed by atoms with van der Waals surface area (Å²) in [7, 11) is 1.62. The van der Waals surface area contributed by atoms with Crippen LogP contribution in [0.25, 0.3) is 0 Å². The van der Waals surface area contributed by atoms with E-state index >= 15 is 0 Å². The van der Waals surface area contributed by atoms with E-state index in [1.165, 1.54) is 0 Å². The average molecular weight is 329 g/mol. The summed E-state index contributed by atoms with van der Waals surface area (Å²) in [6, 6.07) is 7.70. The van der Waals surface area contributed by atoms with E-state index in [4.69, 9.17) is 4.74 Å². The van der Waals surface area contributed by atoms with Gasteiger partial charge in [-0.15, -0.1) is 0 Å². The number of hydrogen-bond donors (Lipinski definition) is 2. The lowest BCUT2D eigenvalue weighted by Crippen LogP contribution is -2.49. The summed E-state index contributed by atoms with van der Waals surface area (Å²) < 4.78 is 5.31. The number of amides is 1. The molecule has 0 aliphatic heterocycles. The molecule has 5 nitrogen and oxygen atoms in total. The second-order valence-corrected chi connectivity index (χ2v) is 6.53. The zero-order valence-corrected chi connectivity index (χ0v) is 13.8. The first-order valence-corrected chi connectivity index (χ1v) is 8.42. The van der Waals surface area contributed by atoms with Gasteiger partial charge in [0.25, 0.3) is 0 Å². The number of carbonyl (C=O) groups excluding carboxylic acids is 1. The Morgan fingerprint density at radius 1 is 1.17 bits per heavy atom. The molecule has 2 N–H and O–H groups in total. The molecule has 128 valence electrons. The molecule has 0 saturated heterocycles. The Morgan fingerprint density at radius 3 is 2.46 bits per heavy atom.